The van der Waals surface area contributed by atoms with E-state index in [1.807, 2.05) is 45.9 Å². The summed E-state index contributed by atoms with van der Waals surface area (Å²) in [6.45, 7) is 9.39. The lowest BCUT2D eigenvalue weighted by molar-refractivity contribution is 0.0596. The van der Waals surface area contributed by atoms with Crippen LogP contribution < -0.4 is 4.72 Å². The Bertz CT molecular complexity index is 1040. The van der Waals surface area contributed by atoms with Gasteiger partial charge in [-0.05, 0) is 35.4 Å². The Kier molecular flexibility index (Phi) is 7.31. The van der Waals surface area contributed by atoms with Crippen LogP contribution in [0.1, 0.15) is 76.3 Å². The van der Waals surface area contributed by atoms with E-state index in [-0.39, 0.29) is 32.0 Å². The number of sulfonamides is 1. The topological polar surface area (TPSA) is 98.8 Å². The average Bonchev–Trinajstić information content (AvgIpc) is 3.04. The average molecular weight is 454 g/mol. The summed E-state index contributed by atoms with van der Waals surface area (Å²) in [6.07, 6.45) is 0. The Balaban J connectivity index is 2.73. The second kappa shape index (κ2) is 9.18. The van der Waals surface area contributed by atoms with Crippen LogP contribution in [0.4, 0.5) is 5.69 Å². The lowest BCUT2D eigenvalue weighted by Crippen LogP contribution is -2.18. The first kappa shape index (κ1) is 23.9. The molecular weight excluding hydrogens is 426 g/mol. The molecule has 9 heteroatoms. The van der Waals surface area contributed by atoms with Crippen LogP contribution in [0.2, 0.25) is 0 Å². The lowest BCUT2D eigenvalue weighted by Gasteiger charge is -2.20. The van der Waals surface area contributed by atoms with E-state index in [0.29, 0.717) is 17.0 Å². The molecule has 7 nitrogen and oxygen atoms in total. The van der Waals surface area contributed by atoms with Gasteiger partial charge in [-0.15, -0.1) is 11.3 Å². The van der Waals surface area contributed by atoms with Crippen molar-refractivity contribution in [1.29, 1.82) is 0 Å². The molecule has 0 unspecified atom stereocenters. The zero-order valence-electron chi connectivity index (χ0n) is 18.2. The van der Waals surface area contributed by atoms with Crippen molar-refractivity contribution in [2.24, 2.45) is 0 Å². The molecule has 0 amide bonds. The highest BCUT2D eigenvalue weighted by molar-refractivity contribution is 7.94. The highest BCUT2D eigenvalue weighted by Gasteiger charge is 2.33. The van der Waals surface area contributed by atoms with Gasteiger partial charge < -0.3 is 9.47 Å². The maximum absolute atomic E-state index is 13.4. The number of ether oxygens (including phenoxy) is 2. The first-order chi connectivity index (χ1) is 14.0. The third-order valence-electron chi connectivity index (χ3n) is 4.73. The van der Waals surface area contributed by atoms with Gasteiger partial charge in [0.05, 0.1) is 25.5 Å². The number of nitrogens with one attached hydrogen (secondary N) is 1. The van der Waals surface area contributed by atoms with Gasteiger partial charge in [-0.2, -0.15) is 0 Å². The van der Waals surface area contributed by atoms with Gasteiger partial charge in [0, 0.05) is 0 Å². The summed E-state index contributed by atoms with van der Waals surface area (Å²) in [7, 11) is -1.84. The Hall–Kier alpha value is -2.39. The van der Waals surface area contributed by atoms with Crippen LogP contribution in [0, 0.1) is 6.92 Å². The van der Waals surface area contributed by atoms with Gasteiger partial charge in [0.2, 0.25) is 0 Å². The highest BCUT2D eigenvalue weighted by atomic mass is 32.2. The monoisotopic (exact) mass is 453 g/mol. The van der Waals surface area contributed by atoms with Crippen LogP contribution in [-0.4, -0.2) is 34.6 Å². The number of hydrogen-bond acceptors (Lipinski definition) is 7. The molecular formula is C21H27NO6S2. The summed E-state index contributed by atoms with van der Waals surface area (Å²) in [6, 6.07) is 5.64. The second-order valence-electron chi connectivity index (χ2n) is 7.43. The fourth-order valence-corrected chi connectivity index (χ4v) is 6.01. The Morgan fingerprint density at radius 2 is 1.47 bits per heavy atom. The van der Waals surface area contributed by atoms with E-state index in [9.17, 15) is 18.0 Å². The summed E-state index contributed by atoms with van der Waals surface area (Å²) in [5, 5.41) is 0. The van der Waals surface area contributed by atoms with Crippen molar-refractivity contribution in [2.45, 2.75) is 50.7 Å². The first-order valence-corrected chi connectivity index (χ1v) is 11.7. The zero-order chi connectivity index (χ0) is 22.8. The Morgan fingerprint density at radius 3 is 1.90 bits per heavy atom. The summed E-state index contributed by atoms with van der Waals surface area (Å²) < 4.78 is 38.7. The number of thiophene rings is 1. The Labute approximate surface area is 181 Å². The number of esters is 2. The largest absolute Gasteiger partial charge is 0.465 e. The van der Waals surface area contributed by atoms with Crippen molar-refractivity contribution < 1.29 is 27.5 Å². The minimum absolute atomic E-state index is 0.0412. The molecule has 0 aliphatic heterocycles. The van der Waals surface area contributed by atoms with E-state index in [1.54, 1.807) is 0 Å². The van der Waals surface area contributed by atoms with Gasteiger partial charge >= 0.3 is 11.9 Å². The molecule has 0 saturated carbocycles. The summed E-state index contributed by atoms with van der Waals surface area (Å²) in [5.41, 5.74) is 2.21. The SMILES string of the molecule is COC(=O)c1sc(S(=O)(=O)Nc2c(C(C)C)cccc2C(C)C)c(C(=O)OC)c1C. The molecule has 0 atom stereocenters. The van der Waals surface area contributed by atoms with Gasteiger partial charge in [0.1, 0.15) is 4.88 Å². The number of benzene rings is 1. The summed E-state index contributed by atoms with van der Waals surface area (Å²) >= 11 is 0.691. The van der Waals surface area contributed by atoms with Crippen molar-refractivity contribution in [2.75, 3.05) is 18.9 Å². The molecule has 0 aliphatic carbocycles. The number of methoxy groups -OCH3 is 2. The van der Waals surface area contributed by atoms with Crippen LogP contribution in [0.3, 0.4) is 0 Å². The maximum atomic E-state index is 13.4. The van der Waals surface area contributed by atoms with Crippen molar-refractivity contribution >= 4 is 39.0 Å². The summed E-state index contributed by atoms with van der Waals surface area (Å²) in [5.74, 6) is -1.41. The van der Waals surface area contributed by atoms with Gasteiger partial charge in [-0.3, -0.25) is 4.72 Å². The van der Waals surface area contributed by atoms with E-state index in [0.717, 1.165) is 18.2 Å². The number of carbonyl (C=O) groups excluding carboxylic acids is 2. The normalized spacial score (nSPS) is 11.6. The minimum atomic E-state index is -4.19. The zero-order valence-corrected chi connectivity index (χ0v) is 19.8. The van der Waals surface area contributed by atoms with Crippen LogP contribution in [0.5, 0.6) is 0 Å². The van der Waals surface area contributed by atoms with Crippen LogP contribution in [-0.2, 0) is 19.5 Å². The number of anilines is 1. The van der Waals surface area contributed by atoms with E-state index >= 15 is 0 Å². The van der Waals surface area contributed by atoms with Crippen LogP contribution in [0.15, 0.2) is 22.4 Å². The molecule has 0 spiro atoms. The third kappa shape index (κ3) is 4.52. The van der Waals surface area contributed by atoms with Crippen molar-refractivity contribution in [3.8, 4) is 0 Å². The molecule has 1 aromatic carbocycles. The molecule has 1 aromatic heterocycles. The number of carbonyl (C=O) groups is 2. The third-order valence-corrected chi connectivity index (χ3v) is 7.87. The Morgan fingerprint density at radius 1 is 0.967 bits per heavy atom. The van der Waals surface area contributed by atoms with Crippen LogP contribution in [0.25, 0.3) is 0 Å². The fourth-order valence-electron chi connectivity index (χ4n) is 3.15. The molecule has 2 rings (SSSR count). The molecule has 2 aromatic rings. The summed E-state index contributed by atoms with van der Waals surface area (Å²) in [4.78, 5) is 24.5. The standard InChI is InChI=1S/C21H27NO6S2/c1-11(2)14-9-8-10-15(12(3)4)17(14)22-30(25,26)21-16(19(23)27-6)13(5)18(29-21)20(24)28-7/h8-12,22H,1-7H3. The molecule has 0 radical (unpaired) electrons. The molecule has 1 N–H and O–H groups in total. The van der Waals surface area contributed by atoms with Gasteiger partial charge in [0.25, 0.3) is 10.0 Å². The first-order valence-electron chi connectivity index (χ1n) is 9.41. The van der Waals surface area contributed by atoms with E-state index < -0.39 is 22.0 Å². The highest BCUT2D eigenvalue weighted by Crippen LogP contribution is 2.38. The smallest absolute Gasteiger partial charge is 0.348 e. The minimum Gasteiger partial charge on any atom is -0.465 e. The van der Waals surface area contributed by atoms with E-state index in [1.165, 1.54) is 14.0 Å². The predicted molar refractivity (Wildman–Crippen MR) is 117 cm³/mol. The molecule has 0 fully saturated rings. The fraction of sp³-hybridized carbons (Fsp3) is 0.429. The van der Waals surface area contributed by atoms with Crippen molar-refractivity contribution in [3.05, 3.63) is 45.3 Å². The van der Waals surface area contributed by atoms with Crippen molar-refractivity contribution in [1.82, 2.24) is 0 Å². The predicted octanol–water partition coefficient (Wildman–Crippen LogP) is 4.68. The molecule has 0 saturated heterocycles. The molecule has 164 valence electrons. The second-order valence-corrected chi connectivity index (χ2v) is 10.3. The number of hydrogen-bond donors (Lipinski definition) is 1. The van der Waals surface area contributed by atoms with E-state index in [2.05, 4.69) is 4.72 Å². The lowest BCUT2D eigenvalue weighted by atomic mass is 9.93. The quantitative estimate of drug-likeness (QED) is 0.611. The number of rotatable bonds is 7. The van der Waals surface area contributed by atoms with Gasteiger partial charge in [0.15, 0.2) is 4.21 Å². The van der Waals surface area contributed by atoms with Gasteiger partial charge in [-0.25, -0.2) is 18.0 Å². The van der Waals surface area contributed by atoms with Crippen molar-refractivity contribution in [3.63, 3.8) is 0 Å². The molecule has 0 bridgehead atoms. The van der Waals surface area contributed by atoms with E-state index in [4.69, 9.17) is 9.47 Å². The van der Waals surface area contributed by atoms with Gasteiger partial charge in [-0.1, -0.05) is 45.9 Å². The van der Waals surface area contributed by atoms with Crippen LogP contribution >= 0.6 is 11.3 Å². The maximum Gasteiger partial charge on any atom is 0.348 e. The molecule has 1 heterocycles. The molecule has 30 heavy (non-hydrogen) atoms. The molecule has 0 aliphatic rings. The number of para-hydroxylation sites is 1.